The number of fused-ring (bicyclic) bond motifs is 2. The van der Waals surface area contributed by atoms with Gasteiger partial charge in [0.2, 0.25) is 0 Å². The first-order valence-electron chi connectivity index (χ1n) is 17.3. The number of aryl methyl sites for hydroxylation is 2. The van der Waals surface area contributed by atoms with Gasteiger partial charge in [-0.05, 0) is 98.3 Å². The summed E-state index contributed by atoms with van der Waals surface area (Å²) in [5.41, 5.74) is 10.4. The summed E-state index contributed by atoms with van der Waals surface area (Å²) < 4.78 is 0. The Morgan fingerprint density at radius 1 is 0.632 bits per heavy atom. The van der Waals surface area contributed by atoms with Crippen LogP contribution >= 0.6 is 46.4 Å². The zero-order valence-corrected chi connectivity index (χ0v) is 33.6. The lowest BCUT2D eigenvalue weighted by Crippen LogP contribution is -2.14. The summed E-state index contributed by atoms with van der Waals surface area (Å²) in [5.74, 6) is 1.62. The van der Waals surface area contributed by atoms with Crippen molar-refractivity contribution in [3.8, 4) is 11.5 Å². The van der Waals surface area contributed by atoms with E-state index in [-0.39, 0.29) is 11.5 Å². The number of pyridine rings is 4. The molecule has 0 bridgehead atoms. The first-order valence-corrected chi connectivity index (χ1v) is 18.8. The zero-order chi connectivity index (χ0) is 40.9. The van der Waals surface area contributed by atoms with Crippen molar-refractivity contribution in [2.45, 2.75) is 19.9 Å². The predicted octanol–water partition coefficient (Wildman–Crippen LogP) is 11.9. The highest BCUT2D eigenvalue weighted by atomic mass is 35.5. The molecule has 0 aliphatic carbocycles. The van der Waals surface area contributed by atoms with Crippen LogP contribution in [-0.4, -0.2) is 36.4 Å². The number of hydrogen-bond acceptors (Lipinski definition) is 9. The molecule has 1 unspecified atom stereocenters. The molecule has 1 atom stereocenters. The Morgan fingerprint density at radius 2 is 1.18 bits per heavy atom. The second-order valence-corrected chi connectivity index (χ2v) is 14.1. The zero-order valence-electron chi connectivity index (χ0n) is 30.6. The molecule has 13 heteroatoms. The fourth-order valence-electron chi connectivity index (χ4n) is 5.53. The monoisotopic (exact) mass is 836 g/mol. The number of aldehydes is 1. The molecule has 4 heterocycles. The molecule has 4 aromatic carbocycles. The van der Waals surface area contributed by atoms with E-state index in [9.17, 15) is 15.0 Å². The Hall–Kier alpha value is -5.97. The molecule has 0 aliphatic rings. The molecule has 0 amide bonds. The van der Waals surface area contributed by atoms with E-state index in [2.05, 4.69) is 25.3 Å². The summed E-state index contributed by atoms with van der Waals surface area (Å²) in [7, 11) is 0. The SMILES string of the molecule is Cc1cccc(N)n1.Cc1cccc(NC(c2cc(Cl)cc(Cl)c2)c2ccc3cccnc3c2O)n1.O=Cc1cc(Cl)cc(Cl)c1.Oc1cccc2cccnc12. The lowest BCUT2D eigenvalue weighted by Gasteiger charge is -2.22. The average molecular weight is 839 g/mol. The Kier molecular flexibility index (Phi) is 15.0. The van der Waals surface area contributed by atoms with Gasteiger partial charge in [0.15, 0.2) is 0 Å². The van der Waals surface area contributed by atoms with E-state index in [0.717, 1.165) is 27.7 Å². The van der Waals surface area contributed by atoms with Gasteiger partial charge in [0.05, 0.1) is 6.04 Å². The van der Waals surface area contributed by atoms with E-state index < -0.39 is 6.04 Å². The topological polar surface area (TPSA) is 147 Å². The second-order valence-electron chi connectivity index (χ2n) is 12.4. The van der Waals surface area contributed by atoms with Crippen LogP contribution in [0.2, 0.25) is 20.1 Å². The van der Waals surface area contributed by atoms with Crippen molar-refractivity contribution in [3.05, 3.63) is 188 Å². The maximum atomic E-state index is 11.0. The number of phenolic OH excluding ortho intramolecular Hbond substituents is 2. The van der Waals surface area contributed by atoms with Crippen LogP contribution in [0.15, 0.2) is 140 Å². The minimum Gasteiger partial charge on any atom is -0.506 e. The molecule has 9 nitrogen and oxygen atoms in total. The number of nitrogens with zero attached hydrogens (tertiary/aromatic N) is 4. The first-order chi connectivity index (χ1) is 27.4. The number of anilines is 2. The summed E-state index contributed by atoms with van der Waals surface area (Å²) in [6.07, 6.45) is 4.03. The number of carbonyl (C=O) groups is 1. The van der Waals surface area contributed by atoms with E-state index in [1.54, 1.807) is 54.9 Å². The van der Waals surface area contributed by atoms with Gasteiger partial charge in [-0.3, -0.25) is 14.8 Å². The van der Waals surface area contributed by atoms with E-state index >= 15 is 0 Å². The Balaban J connectivity index is 0.000000173. The average Bonchev–Trinajstić information content (AvgIpc) is 3.18. The number of hydrogen-bond donors (Lipinski definition) is 4. The molecular weight excluding hydrogens is 802 g/mol. The van der Waals surface area contributed by atoms with Crippen molar-refractivity contribution in [1.82, 2.24) is 19.9 Å². The van der Waals surface area contributed by atoms with Crippen LogP contribution in [0.25, 0.3) is 21.8 Å². The number of nitrogens with two attached hydrogens (primary N) is 1. The minimum atomic E-state index is -0.420. The van der Waals surface area contributed by atoms with Gasteiger partial charge < -0.3 is 21.3 Å². The van der Waals surface area contributed by atoms with Crippen LogP contribution in [-0.2, 0) is 0 Å². The van der Waals surface area contributed by atoms with Gasteiger partial charge in [0.25, 0.3) is 0 Å². The first kappa shape index (κ1) is 42.2. The Bertz CT molecular complexity index is 2570. The number of aromatic hydroxyl groups is 2. The summed E-state index contributed by atoms with van der Waals surface area (Å²) in [6.45, 7) is 3.84. The van der Waals surface area contributed by atoms with Gasteiger partial charge in [-0.2, -0.15) is 0 Å². The Morgan fingerprint density at radius 3 is 1.74 bits per heavy atom. The van der Waals surface area contributed by atoms with E-state index in [1.807, 2.05) is 98.8 Å². The van der Waals surface area contributed by atoms with Crippen LogP contribution in [0.5, 0.6) is 11.5 Å². The van der Waals surface area contributed by atoms with E-state index in [0.29, 0.717) is 60.2 Å². The van der Waals surface area contributed by atoms with Crippen molar-refractivity contribution >= 4 is 86.1 Å². The molecule has 8 rings (SSSR count). The summed E-state index contributed by atoms with van der Waals surface area (Å²) in [4.78, 5) is 27.0. The van der Waals surface area contributed by atoms with Crippen molar-refractivity contribution in [2.24, 2.45) is 0 Å². The fourth-order valence-corrected chi connectivity index (χ4v) is 6.61. The molecule has 4 aromatic heterocycles. The van der Waals surface area contributed by atoms with E-state index in [4.69, 9.17) is 52.1 Å². The molecule has 0 radical (unpaired) electrons. The molecule has 0 saturated carbocycles. The van der Waals surface area contributed by atoms with Crippen LogP contribution < -0.4 is 11.1 Å². The van der Waals surface area contributed by atoms with E-state index in [1.165, 1.54) is 0 Å². The molecular formula is C44H36Cl4N6O3. The number of rotatable bonds is 5. The van der Waals surface area contributed by atoms with Gasteiger partial charge in [0, 0.05) is 65.8 Å². The molecule has 288 valence electrons. The molecule has 5 N–H and O–H groups in total. The third-order valence-electron chi connectivity index (χ3n) is 8.03. The molecule has 0 saturated heterocycles. The summed E-state index contributed by atoms with van der Waals surface area (Å²) >= 11 is 23.7. The quantitative estimate of drug-likeness (QED) is 0.124. The van der Waals surface area contributed by atoms with Gasteiger partial charge in [-0.15, -0.1) is 0 Å². The number of halogens is 4. The smallest absolute Gasteiger partial charge is 0.150 e. The number of nitrogens with one attached hydrogen (secondary N) is 1. The van der Waals surface area contributed by atoms with Crippen LogP contribution in [0, 0.1) is 13.8 Å². The third kappa shape index (κ3) is 12.3. The number of para-hydroxylation sites is 1. The third-order valence-corrected chi connectivity index (χ3v) is 8.90. The number of carbonyl (C=O) groups excluding carboxylic acids is 1. The predicted molar refractivity (Wildman–Crippen MR) is 233 cm³/mol. The van der Waals surface area contributed by atoms with Crippen LogP contribution in [0.1, 0.15) is 38.9 Å². The highest BCUT2D eigenvalue weighted by Gasteiger charge is 2.21. The molecule has 8 aromatic rings. The summed E-state index contributed by atoms with van der Waals surface area (Å²) in [6, 6.07) is 37.6. The van der Waals surface area contributed by atoms with Crippen LogP contribution in [0.4, 0.5) is 11.6 Å². The molecule has 57 heavy (non-hydrogen) atoms. The lowest BCUT2D eigenvalue weighted by atomic mass is 9.96. The summed E-state index contributed by atoms with van der Waals surface area (Å²) in [5, 5.41) is 27.5. The van der Waals surface area contributed by atoms with Crippen molar-refractivity contribution < 1.29 is 15.0 Å². The second kappa shape index (κ2) is 20.3. The molecule has 0 aliphatic heterocycles. The minimum absolute atomic E-state index is 0.111. The maximum Gasteiger partial charge on any atom is 0.150 e. The van der Waals surface area contributed by atoms with Crippen molar-refractivity contribution in [3.63, 3.8) is 0 Å². The Labute approximate surface area is 349 Å². The van der Waals surface area contributed by atoms with Crippen molar-refractivity contribution in [2.75, 3.05) is 11.1 Å². The highest BCUT2D eigenvalue weighted by Crippen LogP contribution is 2.38. The number of phenols is 2. The number of aromatic nitrogens is 4. The molecule has 0 fully saturated rings. The fraction of sp³-hybridized carbons (Fsp3) is 0.0682. The number of nitrogen functional groups attached to an aromatic ring is 1. The van der Waals surface area contributed by atoms with Crippen LogP contribution in [0.3, 0.4) is 0 Å². The maximum absolute atomic E-state index is 11.0. The molecule has 0 spiro atoms. The standard InChI is InChI=1S/C22H17Cl2N3O.C9H7NO.C7H4Cl2O.C6H8N2/c1-13-4-2-6-19(26-13)27-20(15-10-16(23)12-17(24)11-15)18-8-7-14-5-3-9-25-21(14)22(18)28;11-8-5-1-3-7-4-2-6-10-9(7)8;8-6-1-5(4-10)2-7(9)3-6;1-5-3-2-4-6(7)8-5/h2-12,20,28H,1H3,(H,26,27);1-6,11H;1-4H;2-4H,1H3,(H2,7,8). The van der Waals surface area contributed by atoms with Gasteiger partial charge in [0.1, 0.15) is 40.5 Å². The van der Waals surface area contributed by atoms with Gasteiger partial charge in [-0.25, -0.2) is 9.97 Å². The van der Waals surface area contributed by atoms with Gasteiger partial charge in [-0.1, -0.05) is 94.9 Å². The number of benzene rings is 4. The lowest BCUT2D eigenvalue weighted by molar-refractivity contribution is 0.112. The van der Waals surface area contributed by atoms with Gasteiger partial charge >= 0.3 is 0 Å². The highest BCUT2D eigenvalue weighted by molar-refractivity contribution is 6.35. The van der Waals surface area contributed by atoms with Crippen molar-refractivity contribution in [1.29, 1.82) is 0 Å². The largest absolute Gasteiger partial charge is 0.506 e. The normalized spacial score (nSPS) is 10.8.